The first-order valence-corrected chi connectivity index (χ1v) is 25.5. The number of phosphoric ester groups is 1. The maximum Gasteiger partial charge on any atom is 0.472 e. The SMILES string of the molecule is CC/C=C\C/C=C\C/C=C\C/C=C\C/C=C\C/C=C\CCCCCCCCCCC(=O)OC(COC(=O)CCCC/C=C\C/C=C\C/C=C\C/C=C\CC)COP(=O)(O)OCCN. The van der Waals surface area contributed by atoms with Gasteiger partial charge in [0.05, 0.1) is 13.2 Å². The van der Waals surface area contributed by atoms with Gasteiger partial charge in [-0.05, 0) is 103 Å². The number of hydrogen-bond acceptors (Lipinski definition) is 8. The van der Waals surface area contributed by atoms with Gasteiger partial charge in [0.15, 0.2) is 6.10 Å². The molecule has 2 atom stereocenters. The average molecular weight is 896 g/mol. The van der Waals surface area contributed by atoms with E-state index < -0.39 is 32.5 Å². The van der Waals surface area contributed by atoms with E-state index in [1.807, 2.05) is 0 Å². The van der Waals surface area contributed by atoms with Crippen LogP contribution < -0.4 is 5.73 Å². The summed E-state index contributed by atoms with van der Waals surface area (Å²) in [6.07, 6.45) is 65.2. The minimum Gasteiger partial charge on any atom is -0.462 e. The van der Waals surface area contributed by atoms with Gasteiger partial charge in [-0.15, -0.1) is 0 Å². The smallest absolute Gasteiger partial charge is 0.462 e. The monoisotopic (exact) mass is 896 g/mol. The van der Waals surface area contributed by atoms with E-state index in [2.05, 4.69) is 135 Å². The van der Waals surface area contributed by atoms with Crippen molar-refractivity contribution >= 4 is 19.8 Å². The van der Waals surface area contributed by atoms with E-state index in [1.165, 1.54) is 25.7 Å². The predicted octanol–water partition coefficient (Wildman–Crippen LogP) is 14.5. The number of nitrogens with two attached hydrogens (primary N) is 1. The summed E-state index contributed by atoms with van der Waals surface area (Å²) < 4.78 is 32.8. The number of ether oxygens (including phenoxy) is 2. The molecule has 0 aromatic carbocycles. The molecule has 0 aromatic heterocycles. The van der Waals surface area contributed by atoms with Crippen LogP contribution in [0.25, 0.3) is 0 Å². The Bertz CT molecular complexity index is 1440. The first-order valence-electron chi connectivity index (χ1n) is 24.0. The highest BCUT2D eigenvalue weighted by Crippen LogP contribution is 2.43. The highest BCUT2D eigenvalue weighted by Gasteiger charge is 2.26. The largest absolute Gasteiger partial charge is 0.472 e. The second-order valence-electron chi connectivity index (χ2n) is 15.2. The molecule has 0 fully saturated rings. The molecular formula is C53H86NO8P. The molecular weight excluding hydrogens is 810 g/mol. The van der Waals surface area contributed by atoms with Crippen LogP contribution in [0.5, 0.6) is 0 Å². The second-order valence-corrected chi connectivity index (χ2v) is 16.7. The third kappa shape index (κ3) is 47.7. The van der Waals surface area contributed by atoms with Crippen LogP contribution in [-0.2, 0) is 32.7 Å². The zero-order valence-corrected chi connectivity index (χ0v) is 40.1. The zero-order chi connectivity index (χ0) is 46.0. The lowest BCUT2D eigenvalue weighted by Gasteiger charge is -2.19. The molecule has 0 saturated heterocycles. The lowest BCUT2D eigenvalue weighted by atomic mass is 10.1. The van der Waals surface area contributed by atoms with Gasteiger partial charge in [-0.25, -0.2) is 4.57 Å². The molecule has 0 spiro atoms. The highest BCUT2D eigenvalue weighted by atomic mass is 31.2. The molecule has 3 N–H and O–H groups in total. The summed E-state index contributed by atoms with van der Waals surface area (Å²) >= 11 is 0. The number of hydrogen-bond donors (Lipinski definition) is 2. The molecule has 0 aliphatic heterocycles. The molecule has 0 aliphatic rings. The average Bonchev–Trinajstić information content (AvgIpc) is 3.27. The lowest BCUT2D eigenvalue weighted by Crippen LogP contribution is -2.29. The third-order valence-corrected chi connectivity index (χ3v) is 10.3. The Balaban J connectivity index is 4.16. The maximum absolute atomic E-state index is 12.6. The van der Waals surface area contributed by atoms with Crippen molar-refractivity contribution < 1.29 is 37.6 Å². The van der Waals surface area contributed by atoms with Crippen LogP contribution in [-0.4, -0.2) is 49.3 Å². The van der Waals surface area contributed by atoms with Crippen LogP contribution in [0.2, 0.25) is 0 Å². The Morgan fingerprint density at radius 1 is 0.476 bits per heavy atom. The summed E-state index contributed by atoms with van der Waals surface area (Å²) in [6.45, 7) is 3.42. The van der Waals surface area contributed by atoms with Crippen molar-refractivity contribution in [2.45, 2.75) is 174 Å². The first kappa shape index (κ1) is 59.4. The van der Waals surface area contributed by atoms with E-state index in [0.717, 1.165) is 103 Å². The quantitative estimate of drug-likeness (QED) is 0.0265. The molecule has 10 heteroatoms. The van der Waals surface area contributed by atoms with Gasteiger partial charge >= 0.3 is 19.8 Å². The van der Waals surface area contributed by atoms with Gasteiger partial charge < -0.3 is 20.1 Å². The zero-order valence-electron chi connectivity index (χ0n) is 39.3. The molecule has 0 heterocycles. The normalized spacial score (nSPS) is 14.3. The number of phosphoric acid groups is 1. The Labute approximate surface area is 383 Å². The summed E-state index contributed by atoms with van der Waals surface area (Å²) in [4.78, 5) is 35.0. The van der Waals surface area contributed by atoms with Crippen LogP contribution in [0.1, 0.15) is 168 Å². The van der Waals surface area contributed by atoms with Crippen LogP contribution in [0.3, 0.4) is 0 Å². The van der Waals surface area contributed by atoms with E-state index in [0.29, 0.717) is 12.8 Å². The van der Waals surface area contributed by atoms with Crippen LogP contribution >= 0.6 is 7.82 Å². The lowest BCUT2D eigenvalue weighted by molar-refractivity contribution is -0.161. The Morgan fingerprint density at radius 3 is 1.25 bits per heavy atom. The molecule has 0 aliphatic carbocycles. The van der Waals surface area contributed by atoms with Crippen molar-refractivity contribution in [2.75, 3.05) is 26.4 Å². The van der Waals surface area contributed by atoms with Crippen LogP contribution in [0, 0.1) is 0 Å². The van der Waals surface area contributed by atoms with Crippen molar-refractivity contribution in [2.24, 2.45) is 5.73 Å². The summed E-state index contributed by atoms with van der Waals surface area (Å²) in [7, 11) is -4.40. The molecule has 0 saturated carbocycles. The van der Waals surface area contributed by atoms with Gasteiger partial charge in [0.1, 0.15) is 6.61 Å². The predicted molar refractivity (Wildman–Crippen MR) is 265 cm³/mol. The standard InChI is InChI=1S/C53H86NO8P/c1-3-5-7-9-11-13-15-17-19-20-21-22-23-24-25-26-27-28-29-30-32-34-36-38-40-42-44-46-53(56)62-51(50-61-63(57,58)60-48-47-54)49-59-52(55)45-43-41-39-37-35-33-31-18-16-14-12-10-8-6-4-2/h5-8,11-14,17-19,21-22,24-25,27-28,31,35,37,51H,3-4,9-10,15-16,20,23,26,29-30,32-34,36,38-50,54H2,1-2H3,(H,57,58)/b7-5-,8-6-,13-11-,14-12-,19-17-,22-21-,25-24-,28-27-,31-18-,37-35-. The molecule has 63 heavy (non-hydrogen) atoms. The molecule has 9 nitrogen and oxygen atoms in total. The number of esters is 2. The Morgan fingerprint density at radius 2 is 0.825 bits per heavy atom. The molecule has 356 valence electrons. The number of rotatable bonds is 43. The molecule has 2 unspecified atom stereocenters. The summed E-state index contributed by atoms with van der Waals surface area (Å²) in [5.74, 6) is -0.899. The van der Waals surface area contributed by atoms with E-state index in [-0.39, 0.29) is 32.6 Å². The Kier molecular flexibility index (Phi) is 45.2. The van der Waals surface area contributed by atoms with Gasteiger partial charge in [-0.3, -0.25) is 18.6 Å². The molecule has 0 rings (SSSR count). The number of carbonyl (C=O) groups excluding carboxylic acids is 2. The van der Waals surface area contributed by atoms with Crippen molar-refractivity contribution in [1.29, 1.82) is 0 Å². The van der Waals surface area contributed by atoms with Crippen molar-refractivity contribution in [1.82, 2.24) is 0 Å². The topological polar surface area (TPSA) is 134 Å². The van der Waals surface area contributed by atoms with E-state index in [4.69, 9.17) is 24.3 Å². The van der Waals surface area contributed by atoms with Crippen LogP contribution in [0.4, 0.5) is 0 Å². The first-order chi connectivity index (χ1) is 30.8. The number of carbonyl (C=O) groups is 2. The van der Waals surface area contributed by atoms with E-state index >= 15 is 0 Å². The molecule has 0 radical (unpaired) electrons. The molecule has 0 bridgehead atoms. The van der Waals surface area contributed by atoms with Gasteiger partial charge in [0.2, 0.25) is 0 Å². The summed E-state index contributed by atoms with van der Waals surface area (Å²) in [6, 6.07) is 0. The van der Waals surface area contributed by atoms with Crippen molar-refractivity contribution in [3.05, 3.63) is 122 Å². The van der Waals surface area contributed by atoms with E-state index in [1.54, 1.807) is 0 Å². The fraction of sp³-hybridized carbons (Fsp3) is 0.585. The maximum atomic E-state index is 12.6. The van der Waals surface area contributed by atoms with E-state index in [9.17, 15) is 19.0 Å². The Hall–Kier alpha value is -3.59. The number of unbranched alkanes of at least 4 members (excludes halogenated alkanes) is 10. The fourth-order valence-electron chi connectivity index (χ4n) is 5.86. The third-order valence-electron chi connectivity index (χ3n) is 9.34. The minimum absolute atomic E-state index is 0.0390. The molecule has 0 amide bonds. The van der Waals surface area contributed by atoms with Gasteiger partial charge in [0.25, 0.3) is 0 Å². The van der Waals surface area contributed by atoms with Gasteiger partial charge in [-0.1, -0.05) is 174 Å². The van der Waals surface area contributed by atoms with Crippen molar-refractivity contribution in [3.63, 3.8) is 0 Å². The summed E-state index contributed by atoms with van der Waals surface area (Å²) in [5.41, 5.74) is 5.35. The van der Waals surface area contributed by atoms with Crippen LogP contribution in [0.15, 0.2) is 122 Å². The minimum atomic E-state index is -4.40. The highest BCUT2D eigenvalue weighted by molar-refractivity contribution is 7.47. The number of allylic oxidation sites excluding steroid dienone is 20. The van der Waals surface area contributed by atoms with Crippen molar-refractivity contribution in [3.8, 4) is 0 Å². The fourth-order valence-corrected chi connectivity index (χ4v) is 6.63. The second kappa shape index (κ2) is 47.9. The van der Waals surface area contributed by atoms with Gasteiger partial charge in [0, 0.05) is 19.4 Å². The molecule has 0 aromatic rings. The summed E-state index contributed by atoms with van der Waals surface area (Å²) in [5, 5.41) is 0. The van der Waals surface area contributed by atoms with Gasteiger partial charge in [-0.2, -0.15) is 0 Å².